The van der Waals surface area contributed by atoms with Gasteiger partial charge in [0.05, 0.1) is 5.60 Å². The average molecular weight is 257 g/mol. The third kappa shape index (κ3) is 5.25. The lowest BCUT2D eigenvalue weighted by Crippen LogP contribution is -2.45. The van der Waals surface area contributed by atoms with E-state index in [0.29, 0.717) is 0 Å². The van der Waals surface area contributed by atoms with E-state index in [1.54, 1.807) is 7.11 Å². The van der Waals surface area contributed by atoms with Gasteiger partial charge >= 0.3 is 0 Å². The Labute approximate surface area is 113 Å². The van der Waals surface area contributed by atoms with Gasteiger partial charge < -0.3 is 14.8 Å². The molecule has 1 aliphatic carbocycles. The maximum Gasteiger partial charge on any atom is 0.0806 e. The first-order valence-electron chi connectivity index (χ1n) is 7.54. The second kappa shape index (κ2) is 8.89. The predicted octanol–water partition coefficient (Wildman–Crippen LogP) is 2.99. The number of hydrogen-bond acceptors (Lipinski definition) is 3. The van der Waals surface area contributed by atoms with Gasteiger partial charge in [-0.25, -0.2) is 0 Å². The van der Waals surface area contributed by atoms with Gasteiger partial charge in [0.15, 0.2) is 0 Å². The minimum atomic E-state index is 0.0900. The number of rotatable bonds is 9. The minimum Gasteiger partial charge on any atom is -0.385 e. The Kier molecular flexibility index (Phi) is 7.87. The summed E-state index contributed by atoms with van der Waals surface area (Å²) in [4.78, 5) is 0. The summed E-state index contributed by atoms with van der Waals surface area (Å²) in [5, 5.41) is 3.31. The van der Waals surface area contributed by atoms with Gasteiger partial charge in [0.25, 0.3) is 0 Å². The predicted molar refractivity (Wildman–Crippen MR) is 76.0 cm³/mol. The van der Waals surface area contributed by atoms with Crippen LogP contribution in [0.4, 0.5) is 0 Å². The summed E-state index contributed by atoms with van der Waals surface area (Å²) in [7, 11) is 3.78. The molecule has 108 valence electrons. The highest BCUT2D eigenvalue weighted by Gasteiger charge is 2.35. The van der Waals surface area contributed by atoms with E-state index < -0.39 is 0 Å². The van der Waals surface area contributed by atoms with E-state index in [-0.39, 0.29) is 5.60 Å². The Balaban J connectivity index is 2.35. The molecule has 0 bridgehead atoms. The van der Waals surface area contributed by atoms with Gasteiger partial charge in [0, 0.05) is 26.9 Å². The second-order valence-electron chi connectivity index (χ2n) is 5.64. The van der Waals surface area contributed by atoms with Gasteiger partial charge in [-0.15, -0.1) is 0 Å². The lowest BCUT2D eigenvalue weighted by Gasteiger charge is -2.40. The molecule has 1 saturated carbocycles. The topological polar surface area (TPSA) is 30.5 Å². The van der Waals surface area contributed by atoms with Crippen LogP contribution in [-0.4, -0.2) is 39.5 Å². The van der Waals surface area contributed by atoms with Gasteiger partial charge in [-0.2, -0.15) is 0 Å². The molecule has 3 nitrogen and oxygen atoms in total. The molecule has 0 aromatic rings. The third-order valence-corrected chi connectivity index (χ3v) is 4.11. The van der Waals surface area contributed by atoms with Crippen molar-refractivity contribution in [1.29, 1.82) is 0 Å². The molecular formula is C15H31NO2. The SMILES string of the molecule is CCCC1CCC(CNC)(OCCCOC)CC1. The molecule has 0 spiro atoms. The van der Waals surface area contributed by atoms with E-state index in [9.17, 15) is 0 Å². The number of ether oxygens (including phenoxy) is 2. The summed E-state index contributed by atoms with van der Waals surface area (Å²) in [6.07, 6.45) is 8.80. The quantitative estimate of drug-likeness (QED) is 0.644. The molecule has 3 heteroatoms. The van der Waals surface area contributed by atoms with Gasteiger partial charge in [-0.05, 0) is 45.1 Å². The van der Waals surface area contributed by atoms with Gasteiger partial charge in [0.1, 0.15) is 0 Å². The molecule has 18 heavy (non-hydrogen) atoms. The normalized spacial score (nSPS) is 28.5. The minimum absolute atomic E-state index is 0.0900. The van der Waals surface area contributed by atoms with Crippen molar-refractivity contribution in [2.45, 2.75) is 57.5 Å². The molecule has 0 aromatic heterocycles. The molecule has 0 aliphatic heterocycles. The van der Waals surface area contributed by atoms with E-state index >= 15 is 0 Å². The van der Waals surface area contributed by atoms with Crippen LogP contribution in [0.3, 0.4) is 0 Å². The van der Waals surface area contributed by atoms with Crippen LogP contribution in [-0.2, 0) is 9.47 Å². The number of hydrogen-bond donors (Lipinski definition) is 1. The van der Waals surface area contributed by atoms with E-state index in [1.165, 1.54) is 38.5 Å². The average Bonchev–Trinajstić information content (AvgIpc) is 2.38. The number of methoxy groups -OCH3 is 1. The Morgan fingerprint density at radius 2 is 1.94 bits per heavy atom. The molecule has 0 unspecified atom stereocenters. The fraction of sp³-hybridized carbons (Fsp3) is 1.00. The van der Waals surface area contributed by atoms with Crippen LogP contribution in [0, 0.1) is 5.92 Å². The molecule has 0 saturated heterocycles. The first kappa shape index (κ1) is 15.9. The van der Waals surface area contributed by atoms with Crippen molar-refractivity contribution in [3.63, 3.8) is 0 Å². The first-order chi connectivity index (χ1) is 8.76. The summed E-state index contributed by atoms with van der Waals surface area (Å²) in [5.74, 6) is 0.933. The zero-order valence-corrected chi connectivity index (χ0v) is 12.5. The summed E-state index contributed by atoms with van der Waals surface area (Å²) < 4.78 is 11.3. The van der Waals surface area contributed by atoms with Crippen LogP contribution >= 0.6 is 0 Å². The van der Waals surface area contributed by atoms with Crippen LogP contribution in [0.25, 0.3) is 0 Å². The van der Waals surface area contributed by atoms with E-state index in [4.69, 9.17) is 9.47 Å². The van der Waals surface area contributed by atoms with Crippen LogP contribution in [0.2, 0.25) is 0 Å². The van der Waals surface area contributed by atoms with Crippen molar-refractivity contribution in [3.8, 4) is 0 Å². The van der Waals surface area contributed by atoms with Crippen molar-refractivity contribution in [2.75, 3.05) is 33.9 Å². The highest BCUT2D eigenvalue weighted by atomic mass is 16.5. The Hall–Kier alpha value is -0.120. The van der Waals surface area contributed by atoms with Gasteiger partial charge in [-0.3, -0.25) is 0 Å². The van der Waals surface area contributed by atoms with E-state index in [1.807, 2.05) is 7.05 Å². The monoisotopic (exact) mass is 257 g/mol. The lowest BCUT2D eigenvalue weighted by atomic mass is 9.77. The standard InChI is InChI=1S/C15H31NO2/c1-4-6-14-7-9-15(10-8-14,13-16-2)18-12-5-11-17-3/h14,16H,4-13H2,1-3H3. The van der Waals surface area contributed by atoms with Crippen molar-refractivity contribution in [1.82, 2.24) is 5.32 Å². The highest BCUT2D eigenvalue weighted by molar-refractivity contribution is 4.89. The molecule has 0 radical (unpaired) electrons. The molecule has 1 aliphatic rings. The number of nitrogens with one attached hydrogen (secondary N) is 1. The Bertz CT molecular complexity index is 195. The maximum atomic E-state index is 6.20. The van der Waals surface area contributed by atoms with E-state index in [2.05, 4.69) is 12.2 Å². The fourth-order valence-corrected chi connectivity index (χ4v) is 3.09. The maximum absolute atomic E-state index is 6.20. The zero-order chi connectivity index (χ0) is 13.3. The molecule has 1 N–H and O–H groups in total. The summed E-state index contributed by atoms with van der Waals surface area (Å²) >= 11 is 0. The Morgan fingerprint density at radius 3 is 2.50 bits per heavy atom. The van der Waals surface area contributed by atoms with Crippen molar-refractivity contribution < 1.29 is 9.47 Å². The summed E-state index contributed by atoms with van der Waals surface area (Å²) in [6.45, 7) is 4.90. The third-order valence-electron chi connectivity index (χ3n) is 4.11. The summed E-state index contributed by atoms with van der Waals surface area (Å²) in [6, 6.07) is 0. The molecular weight excluding hydrogens is 226 g/mol. The Morgan fingerprint density at radius 1 is 1.22 bits per heavy atom. The molecule has 0 aromatic carbocycles. The molecule has 0 amide bonds. The largest absolute Gasteiger partial charge is 0.385 e. The second-order valence-corrected chi connectivity index (χ2v) is 5.64. The lowest BCUT2D eigenvalue weighted by molar-refractivity contribution is -0.0798. The van der Waals surface area contributed by atoms with Gasteiger partial charge in [-0.1, -0.05) is 19.8 Å². The number of likely N-dealkylation sites (N-methyl/N-ethyl adjacent to an activating group) is 1. The van der Waals surface area contributed by atoms with Crippen LogP contribution in [0.1, 0.15) is 51.9 Å². The highest BCUT2D eigenvalue weighted by Crippen LogP contribution is 2.36. The van der Waals surface area contributed by atoms with Crippen molar-refractivity contribution in [3.05, 3.63) is 0 Å². The van der Waals surface area contributed by atoms with E-state index in [0.717, 1.165) is 32.1 Å². The van der Waals surface area contributed by atoms with Crippen LogP contribution in [0.15, 0.2) is 0 Å². The molecule has 0 atom stereocenters. The van der Waals surface area contributed by atoms with Crippen LogP contribution in [0.5, 0.6) is 0 Å². The molecule has 1 fully saturated rings. The smallest absolute Gasteiger partial charge is 0.0806 e. The van der Waals surface area contributed by atoms with Gasteiger partial charge in [0.2, 0.25) is 0 Å². The zero-order valence-electron chi connectivity index (χ0n) is 12.5. The molecule has 1 rings (SSSR count). The summed E-state index contributed by atoms with van der Waals surface area (Å²) in [5.41, 5.74) is 0.0900. The van der Waals surface area contributed by atoms with Crippen molar-refractivity contribution in [2.24, 2.45) is 5.92 Å². The van der Waals surface area contributed by atoms with Crippen LogP contribution < -0.4 is 5.32 Å². The van der Waals surface area contributed by atoms with Crippen molar-refractivity contribution >= 4 is 0 Å². The first-order valence-corrected chi connectivity index (χ1v) is 7.54. The molecule has 0 heterocycles. The fourth-order valence-electron chi connectivity index (χ4n) is 3.09.